The van der Waals surface area contributed by atoms with Crippen LogP contribution >= 0.6 is 95.6 Å². The summed E-state index contributed by atoms with van der Waals surface area (Å²) in [6.45, 7) is 8.20. The summed E-state index contributed by atoms with van der Waals surface area (Å²) < 4.78 is 16.9. The van der Waals surface area contributed by atoms with Gasteiger partial charge in [0.2, 0.25) is 0 Å². The van der Waals surface area contributed by atoms with E-state index in [-0.39, 0.29) is 7.43 Å². The third-order valence-electron chi connectivity index (χ3n) is 18.0. The van der Waals surface area contributed by atoms with Crippen molar-refractivity contribution in [2.75, 3.05) is 0 Å². The third-order valence-corrected chi connectivity index (χ3v) is 22.0. The molecule has 0 radical (unpaired) electrons. The van der Waals surface area contributed by atoms with Crippen LogP contribution in [-0.4, -0.2) is 0 Å². The van der Waals surface area contributed by atoms with Crippen LogP contribution in [0.3, 0.4) is 0 Å². The molecular formula is C85H62Br6. The summed E-state index contributed by atoms with van der Waals surface area (Å²) in [6.07, 6.45) is 6.50. The zero-order chi connectivity index (χ0) is 63.6. The van der Waals surface area contributed by atoms with Gasteiger partial charge in [-0.2, -0.15) is 0 Å². The topological polar surface area (TPSA) is 0 Å². The maximum atomic E-state index is 5.00. The molecule has 4 aliphatic rings. The van der Waals surface area contributed by atoms with Crippen molar-refractivity contribution in [2.45, 2.75) is 32.1 Å². The Labute approximate surface area is 587 Å². The van der Waals surface area contributed by atoms with Crippen LogP contribution in [-0.2, 0) is 0 Å². The summed E-state index contributed by atoms with van der Waals surface area (Å²) >= 11 is 22.3. The second-order valence-electron chi connectivity index (χ2n) is 23.0. The van der Waals surface area contributed by atoms with Crippen LogP contribution in [0.2, 0.25) is 0 Å². The van der Waals surface area contributed by atoms with Gasteiger partial charge in [-0.25, -0.2) is 0 Å². The number of allylic oxidation sites excluding steroid dienone is 4. The molecule has 13 aromatic carbocycles. The van der Waals surface area contributed by atoms with Crippen molar-refractivity contribution < 1.29 is 2.97 Å². The first-order valence-corrected chi connectivity index (χ1v) is 34.8. The van der Waals surface area contributed by atoms with Gasteiger partial charge in [-0.3, -0.25) is 0 Å². The Balaban J connectivity index is 0.000000124. The van der Waals surface area contributed by atoms with Gasteiger partial charge in [0.15, 0.2) is 0 Å². The first-order valence-electron chi connectivity index (χ1n) is 31.0. The van der Waals surface area contributed by atoms with Gasteiger partial charge in [0.25, 0.3) is 0 Å². The third kappa shape index (κ3) is 11.9. The number of hydrogen-bond donors (Lipinski definition) is 0. The Morgan fingerprint density at radius 1 is 0.297 bits per heavy atom. The molecule has 0 saturated heterocycles. The van der Waals surface area contributed by atoms with E-state index in [1.165, 1.54) is 130 Å². The van der Waals surface area contributed by atoms with Gasteiger partial charge in [-0.1, -0.05) is 347 Å². The lowest BCUT2D eigenvalue weighted by atomic mass is 9.71. The molecule has 2 atom stereocenters. The monoisotopic (exact) mass is 1560 g/mol. The van der Waals surface area contributed by atoms with Gasteiger partial charge in [-0.05, 0) is 201 Å². The Morgan fingerprint density at radius 2 is 0.593 bits per heavy atom. The van der Waals surface area contributed by atoms with Crippen LogP contribution in [0.1, 0.15) is 79.6 Å². The van der Waals surface area contributed by atoms with Crippen molar-refractivity contribution >= 4 is 162 Å². The van der Waals surface area contributed by atoms with Crippen molar-refractivity contribution in [2.24, 2.45) is 0 Å². The average molecular weight is 1560 g/mol. The summed E-state index contributed by atoms with van der Waals surface area (Å²) in [5.41, 5.74) is 25.8. The van der Waals surface area contributed by atoms with Crippen LogP contribution in [0, 0.1) is 0 Å². The summed E-state index contributed by atoms with van der Waals surface area (Å²) in [5, 5.41) is 7.94. The summed E-state index contributed by atoms with van der Waals surface area (Å²) in [5.74, 6) is 1.07. The molecule has 0 nitrogen and oxygen atoms in total. The molecule has 17 rings (SSSR count). The Kier molecular flexibility index (Phi) is 18.1. The fourth-order valence-corrected chi connectivity index (χ4v) is 17.8. The standard InChI is InChI=1S/C28H20Br2.C28H16Br2.C16H14.C12H6Br2.CH4.H2/c2*29-25-13-11-19-23-15-21(17-7-3-1-4-8-17)22(18-9-5-2-6-10-18)16-24(23)20-12-14-26(30)28(25)27(19)20;1-13(15-9-5-3-6-10-15)14(2)16-11-7-4-8-12-16;13-9-5-3-7-1-2-8-4-6-10(14)12(9)11(7)8;;/h1-14,23-24H,15-16H2;1-16H;3-12H,1-2H2;1-6H;1H4;1H/i;;;;;1+1D. The van der Waals surface area contributed by atoms with E-state index in [1.807, 2.05) is 36.4 Å². The van der Waals surface area contributed by atoms with E-state index in [1.54, 1.807) is 0 Å². The second-order valence-corrected chi connectivity index (χ2v) is 28.1. The molecule has 4 aliphatic carbocycles. The molecular weight excluding hydrogens is 1500 g/mol. The molecule has 0 aliphatic heterocycles. The summed E-state index contributed by atoms with van der Waals surface area (Å²) in [4.78, 5) is 0. The minimum atomic E-state index is 0. The zero-order valence-corrected chi connectivity index (χ0v) is 58.3. The molecule has 0 spiro atoms. The SMILES string of the molecule is Brc1ccc2c3c(ccc(Br)c13)-c1cc(-c3ccccc3)c(-c3ccccc3)cc1-2.Brc1ccc2c3c(ccc(Br)c13)C1CC(c3ccccc3)=C(c3ccccc3)CC21.Brc1ccc2c3c(ccc(Br)c13)C=C2.C.C=C(C(=C)c1ccccc1)c1ccccc1.[2H][2H]. The average Bonchev–Trinajstić information content (AvgIpc) is 1.58. The van der Waals surface area contributed by atoms with Crippen molar-refractivity contribution in [1.82, 2.24) is 0 Å². The number of fused-ring (bicyclic) bond motifs is 6. The quantitative estimate of drug-likeness (QED) is 0.140. The number of halogens is 6. The Hall–Kier alpha value is -7.52. The van der Waals surface area contributed by atoms with E-state index in [9.17, 15) is 0 Å². The fraction of sp³-hybridized carbons (Fsp3) is 0.0588. The van der Waals surface area contributed by atoms with Crippen molar-refractivity contribution in [3.63, 3.8) is 0 Å². The molecule has 6 heteroatoms. The maximum Gasteiger partial charge on any atom is 0.0265 e. The van der Waals surface area contributed by atoms with Gasteiger partial charge in [0.05, 0.1) is 0 Å². The van der Waals surface area contributed by atoms with E-state index < -0.39 is 0 Å². The first kappa shape index (κ1) is 61.0. The highest BCUT2D eigenvalue weighted by atomic mass is 79.9. The maximum absolute atomic E-state index is 5.00. The molecule has 0 aromatic heterocycles. The highest BCUT2D eigenvalue weighted by molar-refractivity contribution is 9.12. The van der Waals surface area contributed by atoms with Gasteiger partial charge < -0.3 is 0 Å². The van der Waals surface area contributed by atoms with E-state index in [2.05, 4.69) is 351 Å². The van der Waals surface area contributed by atoms with Crippen LogP contribution in [0.15, 0.2) is 307 Å². The predicted molar refractivity (Wildman–Crippen MR) is 416 cm³/mol. The Morgan fingerprint density at radius 3 is 0.956 bits per heavy atom. The van der Waals surface area contributed by atoms with E-state index in [4.69, 9.17) is 2.97 Å². The molecule has 444 valence electrons. The number of rotatable bonds is 7. The minimum absolute atomic E-state index is 0. The van der Waals surface area contributed by atoms with Crippen LogP contribution in [0.5, 0.6) is 0 Å². The minimum Gasteiger partial charge on any atom is -0.0906 e. The number of benzene rings is 13. The zero-order valence-electron chi connectivity index (χ0n) is 50.8. The fourth-order valence-electron chi connectivity index (χ4n) is 13.7. The lowest BCUT2D eigenvalue weighted by molar-refractivity contribution is 0.567. The highest BCUT2D eigenvalue weighted by Gasteiger charge is 2.40. The molecule has 0 heterocycles. The van der Waals surface area contributed by atoms with E-state index >= 15 is 0 Å². The van der Waals surface area contributed by atoms with Gasteiger partial charge in [-0.15, -0.1) is 0 Å². The second kappa shape index (κ2) is 27.0. The normalized spacial score (nSPS) is 14.2. The Bertz CT molecular complexity index is 4730. The van der Waals surface area contributed by atoms with Gasteiger partial charge in [0, 0.05) is 46.0 Å². The van der Waals surface area contributed by atoms with Crippen LogP contribution in [0.4, 0.5) is 0 Å². The van der Waals surface area contributed by atoms with E-state index in [0.717, 1.165) is 53.0 Å². The molecule has 91 heavy (non-hydrogen) atoms. The largest absolute Gasteiger partial charge is 0.0906 e. The van der Waals surface area contributed by atoms with Crippen LogP contribution in [0.25, 0.3) is 111 Å². The molecule has 13 aromatic rings. The lowest BCUT2D eigenvalue weighted by Gasteiger charge is -2.32. The van der Waals surface area contributed by atoms with Gasteiger partial charge >= 0.3 is 0 Å². The first-order chi connectivity index (χ1) is 45.0. The molecule has 0 fully saturated rings. The molecule has 2 unspecified atom stereocenters. The molecule has 0 amide bonds. The number of hydrogen-bond acceptors (Lipinski definition) is 0. The summed E-state index contributed by atoms with van der Waals surface area (Å²) in [6, 6.07) is 94.8. The predicted octanol–water partition coefficient (Wildman–Crippen LogP) is 28.4. The van der Waals surface area contributed by atoms with Crippen molar-refractivity contribution in [1.29, 1.82) is 0 Å². The molecule has 0 bridgehead atoms. The lowest BCUT2D eigenvalue weighted by Crippen LogP contribution is -2.14. The molecule has 0 N–H and O–H groups in total. The smallest absolute Gasteiger partial charge is 0.0265 e. The highest BCUT2D eigenvalue weighted by Crippen LogP contribution is 2.60. The van der Waals surface area contributed by atoms with E-state index in [0.29, 0.717) is 11.8 Å². The summed E-state index contributed by atoms with van der Waals surface area (Å²) in [7, 11) is 0. The van der Waals surface area contributed by atoms with Crippen molar-refractivity contribution in [3.05, 3.63) is 351 Å². The molecule has 0 saturated carbocycles. The van der Waals surface area contributed by atoms with Crippen LogP contribution < -0.4 is 0 Å². The van der Waals surface area contributed by atoms with Crippen molar-refractivity contribution in [3.8, 4) is 44.5 Å². The van der Waals surface area contributed by atoms with Gasteiger partial charge in [0.1, 0.15) is 0 Å².